The largest absolute Gasteiger partial charge is 0.504 e. The topological polar surface area (TPSA) is 75.1 Å². The fraction of sp³-hybridized carbons (Fsp3) is 0.435. The molecule has 0 saturated heterocycles. The number of aromatic hydroxyl groups is 1. The second kappa shape index (κ2) is 10.7. The summed E-state index contributed by atoms with van der Waals surface area (Å²) in [6.07, 6.45) is 1.60. The van der Waals surface area contributed by atoms with E-state index in [-0.39, 0.29) is 41.4 Å². The van der Waals surface area contributed by atoms with E-state index < -0.39 is 0 Å². The Kier molecular flexibility index (Phi) is 8.64. The molecule has 2 aromatic rings. The first-order chi connectivity index (χ1) is 13.9. The number of benzene rings is 2. The molecule has 1 atom stereocenters. The lowest BCUT2D eigenvalue weighted by molar-refractivity contribution is 0.0694. The number of aliphatic imine (C=N–C) groups is 1. The van der Waals surface area contributed by atoms with Crippen LogP contribution >= 0.6 is 24.0 Å². The van der Waals surface area contributed by atoms with E-state index in [4.69, 9.17) is 14.5 Å². The molecule has 0 spiro atoms. The van der Waals surface area contributed by atoms with Crippen LogP contribution in [0.4, 0.5) is 0 Å². The summed E-state index contributed by atoms with van der Waals surface area (Å²) in [6.45, 7) is 7.69. The zero-order chi connectivity index (χ0) is 20.9. The summed E-state index contributed by atoms with van der Waals surface area (Å²) in [5, 5.41) is 16.7. The van der Waals surface area contributed by atoms with Gasteiger partial charge in [-0.15, -0.1) is 24.0 Å². The van der Waals surface area contributed by atoms with Crippen LogP contribution in [0.25, 0.3) is 0 Å². The van der Waals surface area contributed by atoms with Crippen LogP contribution in [0.2, 0.25) is 0 Å². The molecule has 0 saturated carbocycles. The zero-order valence-electron chi connectivity index (χ0n) is 18.1. The maximum absolute atomic E-state index is 9.74. The number of rotatable bonds is 6. The molecule has 6 nitrogen and oxygen atoms in total. The van der Waals surface area contributed by atoms with Gasteiger partial charge in [0.2, 0.25) is 0 Å². The first kappa shape index (κ1) is 24.1. The molecule has 0 amide bonds. The third kappa shape index (κ3) is 6.17. The van der Waals surface area contributed by atoms with E-state index in [1.165, 1.54) is 0 Å². The van der Waals surface area contributed by atoms with E-state index in [0.717, 1.165) is 42.2 Å². The van der Waals surface area contributed by atoms with Crippen molar-refractivity contribution in [3.63, 3.8) is 0 Å². The molecule has 0 radical (unpaired) electrons. The second-order valence-electron chi connectivity index (χ2n) is 7.82. The van der Waals surface area contributed by atoms with Crippen molar-refractivity contribution >= 4 is 29.9 Å². The number of phenolic OH excluding ortho intramolecular Hbond substituents is 1. The smallest absolute Gasteiger partial charge is 0.191 e. The number of phenols is 1. The minimum atomic E-state index is -0.244. The van der Waals surface area contributed by atoms with Crippen LogP contribution in [-0.4, -0.2) is 36.9 Å². The van der Waals surface area contributed by atoms with E-state index in [0.29, 0.717) is 12.3 Å². The number of methoxy groups -OCH3 is 1. The Balaban J connectivity index is 0.00000320. The summed E-state index contributed by atoms with van der Waals surface area (Å²) in [5.41, 5.74) is 1.98. The molecule has 30 heavy (non-hydrogen) atoms. The number of ether oxygens (including phenoxy) is 2. The van der Waals surface area contributed by atoms with Gasteiger partial charge in [-0.25, -0.2) is 0 Å². The van der Waals surface area contributed by atoms with Crippen molar-refractivity contribution < 1.29 is 14.6 Å². The molecule has 3 rings (SSSR count). The number of nitrogens with zero attached hydrogens (tertiary/aromatic N) is 1. The Morgan fingerprint density at radius 3 is 2.77 bits per heavy atom. The van der Waals surface area contributed by atoms with Crippen molar-refractivity contribution in [1.29, 1.82) is 0 Å². The number of hydrogen-bond donors (Lipinski definition) is 3. The van der Waals surface area contributed by atoms with Crippen molar-refractivity contribution in [2.24, 2.45) is 4.99 Å². The van der Waals surface area contributed by atoms with Crippen LogP contribution in [0.5, 0.6) is 17.2 Å². The van der Waals surface area contributed by atoms with E-state index in [1.807, 2.05) is 30.3 Å². The van der Waals surface area contributed by atoms with Gasteiger partial charge in [0.25, 0.3) is 0 Å². The number of para-hydroxylation sites is 1. The SMILES string of the molecule is CCNC(=NCCc1ccc(O)c(OC)c1)NC1CC(C)(C)Oc2ccccc21.I. The van der Waals surface area contributed by atoms with Gasteiger partial charge in [0.05, 0.1) is 13.2 Å². The molecule has 1 heterocycles. The Morgan fingerprint density at radius 2 is 2.03 bits per heavy atom. The van der Waals surface area contributed by atoms with Crippen LogP contribution in [0.3, 0.4) is 0 Å². The van der Waals surface area contributed by atoms with Crippen LogP contribution in [0.1, 0.15) is 44.4 Å². The van der Waals surface area contributed by atoms with Crippen LogP contribution in [0, 0.1) is 0 Å². The Morgan fingerprint density at radius 1 is 1.27 bits per heavy atom. The Labute approximate surface area is 196 Å². The molecule has 0 bridgehead atoms. The van der Waals surface area contributed by atoms with Gasteiger partial charge in [-0.3, -0.25) is 4.99 Å². The van der Waals surface area contributed by atoms with Crippen molar-refractivity contribution in [3.05, 3.63) is 53.6 Å². The van der Waals surface area contributed by atoms with E-state index in [2.05, 4.69) is 37.5 Å². The summed E-state index contributed by atoms with van der Waals surface area (Å²) >= 11 is 0. The van der Waals surface area contributed by atoms with Crippen LogP contribution in [0.15, 0.2) is 47.5 Å². The molecule has 0 aromatic heterocycles. The maximum atomic E-state index is 9.74. The summed E-state index contributed by atoms with van der Waals surface area (Å²) < 4.78 is 11.3. The summed E-state index contributed by atoms with van der Waals surface area (Å²) in [4.78, 5) is 4.75. The minimum absolute atomic E-state index is 0. The van der Waals surface area contributed by atoms with E-state index in [1.54, 1.807) is 13.2 Å². The molecule has 3 N–H and O–H groups in total. The fourth-order valence-electron chi connectivity index (χ4n) is 3.59. The zero-order valence-corrected chi connectivity index (χ0v) is 20.4. The molecule has 2 aromatic carbocycles. The van der Waals surface area contributed by atoms with Crippen molar-refractivity contribution in [3.8, 4) is 17.2 Å². The summed E-state index contributed by atoms with van der Waals surface area (Å²) in [5.74, 6) is 2.34. The molecule has 1 unspecified atom stereocenters. The van der Waals surface area contributed by atoms with Gasteiger partial charge in [-0.1, -0.05) is 24.3 Å². The van der Waals surface area contributed by atoms with Crippen molar-refractivity contribution in [2.75, 3.05) is 20.2 Å². The normalized spacial score (nSPS) is 17.2. The van der Waals surface area contributed by atoms with Crippen molar-refractivity contribution in [1.82, 2.24) is 10.6 Å². The first-order valence-corrected chi connectivity index (χ1v) is 10.1. The third-order valence-corrected chi connectivity index (χ3v) is 4.95. The number of halogens is 1. The number of nitrogens with one attached hydrogen (secondary N) is 2. The number of guanidine groups is 1. The lowest BCUT2D eigenvalue weighted by atomic mass is 9.90. The first-order valence-electron chi connectivity index (χ1n) is 10.1. The van der Waals surface area contributed by atoms with Crippen molar-refractivity contribution in [2.45, 2.75) is 45.3 Å². The highest BCUT2D eigenvalue weighted by atomic mass is 127. The highest BCUT2D eigenvalue weighted by Crippen LogP contribution is 2.39. The highest BCUT2D eigenvalue weighted by molar-refractivity contribution is 14.0. The van der Waals surface area contributed by atoms with Gasteiger partial charge in [0.15, 0.2) is 17.5 Å². The minimum Gasteiger partial charge on any atom is -0.504 e. The predicted molar refractivity (Wildman–Crippen MR) is 131 cm³/mol. The van der Waals surface area contributed by atoms with Gasteiger partial charge in [-0.05, 0) is 51.0 Å². The molecular formula is C23H32IN3O3. The van der Waals surface area contributed by atoms with E-state index >= 15 is 0 Å². The molecule has 7 heteroatoms. The Bertz CT molecular complexity index is 871. The maximum Gasteiger partial charge on any atom is 0.191 e. The predicted octanol–water partition coefficient (Wildman–Crippen LogP) is 4.42. The molecule has 1 aliphatic heterocycles. The van der Waals surface area contributed by atoms with Crippen LogP contribution in [-0.2, 0) is 6.42 Å². The van der Waals surface area contributed by atoms with Gasteiger partial charge < -0.3 is 25.2 Å². The second-order valence-corrected chi connectivity index (χ2v) is 7.82. The lowest BCUT2D eigenvalue weighted by Gasteiger charge is -2.38. The Hall–Kier alpha value is -2.16. The molecular weight excluding hydrogens is 493 g/mol. The van der Waals surface area contributed by atoms with Gasteiger partial charge in [-0.2, -0.15) is 0 Å². The fourth-order valence-corrected chi connectivity index (χ4v) is 3.59. The van der Waals surface area contributed by atoms with Crippen LogP contribution < -0.4 is 20.1 Å². The van der Waals surface area contributed by atoms with E-state index in [9.17, 15) is 5.11 Å². The van der Waals surface area contributed by atoms with Gasteiger partial charge in [0, 0.05) is 25.1 Å². The molecule has 1 aliphatic rings. The lowest BCUT2D eigenvalue weighted by Crippen LogP contribution is -2.45. The quantitative estimate of drug-likeness (QED) is 0.296. The third-order valence-electron chi connectivity index (χ3n) is 4.95. The average molecular weight is 525 g/mol. The average Bonchev–Trinajstić information content (AvgIpc) is 2.68. The number of hydrogen-bond acceptors (Lipinski definition) is 4. The molecule has 0 fully saturated rings. The monoisotopic (exact) mass is 525 g/mol. The standard InChI is InChI=1S/C23H31N3O3.HI/c1-5-24-22(25-13-12-16-10-11-19(27)21(14-16)28-4)26-18-15-23(2,3)29-20-9-7-6-8-17(18)20;/h6-11,14,18,27H,5,12-13,15H2,1-4H3,(H2,24,25,26);1H. The molecule has 164 valence electrons. The molecule has 0 aliphatic carbocycles. The number of fused-ring (bicyclic) bond motifs is 1. The van der Waals surface area contributed by atoms with Gasteiger partial charge >= 0.3 is 0 Å². The summed E-state index contributed by atoms with van der Waals surface area (Å²) in [6, 6.07) is 13.7. The van der Waals surface area contributed by atoms with Gasteiger partial charge in [0.1, 0.15) is 11.4 Å². The summed E-state index contributed by atoms with van der Waals surface area (Å²) in [7, 11) is 1.55. The highest BCUT2D eigenvalue weighted by Gasteiger charge is 2.33.